The van der Waals surface area contributed by atoms with Gasteiger partial charge in [-0.05, 0) is 56.2 Å². The number of rotatable bonds is 7. The Bertz CT molecular complexity index is 1330. The molecule has 7 heteroatoms. The number of nitrogens with one attached hydrogen (secondary N) is 1. The van der Waals surface area contributed by atoms with Crippen molar-refractivity contribution >= 4 is 11.6 Å². The molecule has 3 aromatic carbocycles. The van der Waals surface area contributed by atoms with Crippen LogP contribution in [0, 0.1) is 32.4 Å². The van der Waals surface area contributed by atoms with Gasteiger partial charge in [0.05, 0.1) is 23.6 Å². The van der Waals surface area contributed by atoms with Crippen LogP contribution in [0.2, 0.25) is 0 Å². The minimum Gasteiger partial charge on any atom is -0.486 e. The first-order valence-corrected chi connectivity index (χ1v) is 10.9. The van der Waals surface area contributed by atoms with Gasteiger partial charge in [-0.2, -0.15) is 5.10 Å². The van der Waals surface area contributed by atoms with Crippen LogP contribution in [0.5, 0.6) is 5.75 Å². The highest BCUT2D eigenvalue weighted by molar-refractivity contribution is 6.05. The number of hydrogen-bond acceptors (Lipinski definition) is 3. The van der Waals surface area contributed by atoms with Crippen molar-refractivity contribution in [2.45, 2.75) is 33.9 Å². The number of halogens is 2. The standard InChI is InChI=1S/C27H25F2N3O2/c1-17-7-9-20(10-8-17)15-32-19(3)26(18(2)31-32)30-27(33)22-6-4-5-21(13-22)16-34-25-12-11-23(28)14-24(25)29/h4-14H,15-16H2,1-3H3,(H,30,33). The van der Waals surface area contributed by atoms with Crippen molar-refractivity contribution in [3.8, 4) is 5.75 Å². The quantitative estimate of drug-likeness (QED) is 0.369. The van der Waals surface area contributed by atoms with E-state index in [4.69, 9.17) is 4.74 Å². The van der Waals surface area contributed by atoms with E-state index < -0.39 is 11.6 Å². The maximum atomic E-state index is 13.8. The van der Waals surface area contributed by atoms with Gasteiger partial charge in [-0.25, -0.2) is 8.78 Å². The highest BCUT2D eigenvalue weighted by Crippen LogP contribution is 2.23. The van der Waals surface area contributed by atoms with Gasteiger partial charge in [0.15, 0.2) is 11.6 Å². The molecule has 174 valence electrons. The molecule has 1 amide bonds. The zero-order valence-electron chi connectivity index (χ0n) is 19.2. The van der Waals surface area contributed by atoms with Gasteiger partial charge in [0, 0.05) is 11.6 Å². The first kappa shape index (κ1) is 23.2. The van der Waals surface area contributed by atoms with Gasteiger partial charge in [0.2, 0.25) is 0 Å². The van der Waals surface area contributed by atoms with E-state index in [9.17, 15) is 13.6 Å². The first-order valence-electron chi connectivity index (χ1n) is 10.9. The van der Waals surface area contributed by atoms with Crippen LogP contribution in [-0.2, 0) is 13.2 Å². The Hall–Kier alpha value is -4.00. The Morgan fingerprint density at radius 1 is 0.971 bits per heavy atom. The summed E-state index contributed by atoms with van der Waals surface area (Å²) in [6, 6.07) is 18.3. The molecular weight excluding hydrogens is 436 g/mol. The summed E-state index contributed by atoms with van der Waals surface area (Å²) in [5, 5.41) is 7.55. The molecule has 0 aliphatic heterocycles. The van der Waals surface area contributed by atoms with Crippen molar-refractivity contribution in [2.75, 3.05) is 5.32 Å². The number of anilines is 1. The smallest absolute Gasteiger partial charge is 0.255 e. The molecule has 0 spiro atoms. The van der Waals surface area contributed by atoms with Gasteiger partial charge in [-0.1, -0.05) is 42.0 Å². The molecule has 4 aromatic rings. The highest BCUT2D eigenvalue weighted by atomic mass is 19.1. The van der Waals surface area contributed by atoms with E-state index >= 15 is 0 Å². The number of nitrogens with zero attached hydrogens (tertiary/aromatic N) is 2. The molecule has 1 heterocycles. The number of hydrogen-bond donors (Lipinski definition) is 1. The third-order valence-electron chi connectivity index (χ3n) is 5.55. The van der Waals surface area contributed by atoms with E-state index in [1.54, 1.807) is 24.3 Å². The largest absolute Gasteiger partial charge is 0.486 e. The van der Waals surface area contributed by atoms with Gasteiger partial charge < -0.3 is 10.1 Å². The van der Waals surface area contributed by atoms with E-state index in [0.717, 1.165) is 29.1 Å². The van der Waals surface area contributed by atoms with E-state index in [1.165, 1.54) is 11.6 Å². The molecule has 5 nitrogen and oxygen atoms in total. The normalized spacial score (nSPS) is 10.9. The van der Waals surface area contributed by atoms with Gasteiger partial charge in [-0.3, -0.25) is 9.48 Å². The lowest BCUT2D eigenvalue weighted by molar-refractivity contribution is 0.102. The van der Waals surface area contributed by atoms with Crippen LogP contribution in [0.1, 0.15) is 38.4 Å². The molecule has 0 saturated carbocycles. The van der Waals surface area contributed by atoms with Crippen LogP contribution in [0.4, 0.5) is 14.5 Å². The molecule has 0 fully saturated rings. The summed E-state index contributed by atoms with van der Waals surface area (Å²) >= 11 is 0. The fourth-order valence-corrected chi connectivity index (χ4v) is 3.64. The predicted octanol–water partition coefficient (Wildman–Crippen LogP) is 5.97. The molecule has 1 aromatic heterocycles. The maximum absolute atomic E-state index is 13.8. The minimum atomic E-state index is -0.775. The van der Waals surface area contributed by atoms with Crippen LogP contribution >= 0.6 is 0 Å². The Morgan fingerprint density at radius 3 is 2.47 bits per heavy atom. The van der Waals surface area contributed by atoms with E-state index in [0.29, 0.717) is 23.4 Å². The van der Waals surface area contributed by atoms with E-state index in [2.05, 4.69) is 34.7 Å². The summed E-state index contributed by atoms with van der Waals surface area (Å²) in [4.78, 5) is 13.0. The molecule has 4 rings (SSSR count). The van der Waals surface area contributed by atoms with Gasteiger partial charge in [0.1, 0.15) is 12.4 Å². The Kier molecular flexibility index (Phi) is 6.72. The number of benzene rings is 3. The Balaban J connectivity index is 1.45. The molecule has 0 unspecified atom stereocenters. The number of carbonyl (C=O) groups excluding carboxylic acids is 1. The lowest BCUT2D eigenvalue weighted by atomic mass is 10.1. The second-order valence-corrected chi connectivity index (χ2v) is 8.21. The molecule has 0 radical (unpaired) electrons. The number of aryl methyl sites for hydroxylation is 2. The monoisotopic (exact) mass is 461 g/mol. The fourth-order valence-electron chi connectivity index (χ4n) is 3.64. The average Bonchev–Trinajstić information content (AvgIpc) is 3.07. The zero-order chi connectivity index (χ0) is 24.2. The average molecular weight is 462 g/mol. The maximum Gasteiger partial charge on any atom is 0.255 e. The van der Waals surface area contributed by atoms with Crippen LogP contribution < -0.4 is 10.1 Å². The second kappa shape index (κ2) is 9.87. The SMILES string of the molecule is Cc1ccc(Cn2nc(C)c(NC(=O)c3cccc(COc4ccc(F)cc4F)c3)c2C)cc1. The predicted molar refractivity (Wildman–Crippen MR) is 127 cm³/mol. The number of ether oxygens (including phenoxy) is 1. The molecule has 0 bridgehead atoms. The molecule has 34 heavy (non-hydrogen) atoms. The Morgan fingerprint density at radius 2 is 1.74 bits per heavy atom. The number of amides is 1. The lowest BCUT2D eigenvalue weighted by Crippen LogP contribution is -2.14. The zero-order valence-corrected chi connectivity index (χ0v) is 19.2. The molecule has 0 saturated heterocycles. The minimum absolute atomic E-state index is 0.0379. The first-order chi connectivity index (χ1) is 16.3. The van der Waals surface area contributed by atoms with Crippen molar-refractivity contribution in [2.24, 2.45) is 0 Å². The third kappa shape index (κ3) is 5.31. The lowest BCUT2D eigenvalue weighted by Gasteiger charge is -2.10. The number of carbonyl (C=O) groups is 1. The molecule has 1 N–H and O–H groups in total. The number of aromatic nitrogens is 2. The van der Waals surface area contributed by atoms with Crippen molar-refractivity contribution in [1.82, 2.24) is 9.78 Å². The Labute approximate surface area is 197 Å². The van der Waals surface area contributed by atoms with Crippen LogP contribution in [-0.4, -0.2) is 15.7 Å². The van der Waals surface area contributed by atoms with Crippen molar-refractivity contribution < 1.29 is 18.3 Å². The topological polar surface area (TPSA) is 56.2 Å². The van der Waals surface area contributed by atoms with Crippen molar-refractivity contribution in [1.29, 1.82) is 0 Å². The summed E-state index contributed by atoms with van der Waals surface area (Å²) in [7, 11) is 0. The molecule has 0 aliphatic carbocycles. The van der Waals surface area contributed by atoms with E-state index in [1.807, 2.05) is 25.5 Å². The van der Waals surface area contributed by atoms with Gasteiger partial charge in [0.25, 0.3) is 5.91 Å². The second-order valence-electron chi connectivity index (χ2n) is 8.21. The summed E-state index contributed by atoms with van der Waals surface area (Å²) in [6.45, 7) is 6.47. The summed E-state index contributed by atoms with van der Waals surface area (Å²) in [5.74, 6) is -1.78. The summed E-state index contributed by atoms with van der Waals surface area (Å²) < 4.78 is 34.2. The van der Waals surface area contributed by atoms with Gasteiger partial charge >= 0.3 is 0 Å². The van der Waals surface area contributed by atoms with Crippen molar-refractivity contribution in [3.63, 3.8) is 0 Å². The van der Waals surface area contributed by atoms with E-state index in [-0.39, 0.29) is 18.3 Å². The third-order valence-corrected chi connectivity index (χ3v) is 5.55. The molecule has 0 atom stereocenters. The van der Waals surface area contributed by atoms with Crippen LogP contribution in [0.15, 0.2) is 66.7 Å². The fraction of sp³-hybridized carbons (Fsp3) is 0.185. The summed E-state index contributed by atoms with van der Waals surface area (Å²) in [6.07, 6.45) is 0. The highest BCUT2D eigenvalue weighted by Gasteiger charge is 2.16. The molecular formula is C27H25F2N3O2. The summed E-state index contributed by atoms with van der Waals surface area (Å²) in [5.41, 5.74) is 5.69. The van der Waals surface area contributed by atoms with Crippen LogP contribution in [0.3, 0.4) is 0 Å². The van der Waals surface area contributed by atoms with Gasteiger partial charge in [-0.15, -0.1) is 0 Å². The van der Waals surface area contributed by atoms with Crippen molar-refractivity contribution in [3.05, 3.63) is 112 Å². The van der Waals surface area contributed by atoms with Crippen LogP contribution in [0.25, 0.3) is 0 Å². The molecule has 0 aliphatic rings.